The zero-order chi connectivity index (χ0) is 14.2. The van der Waals surface area contributed by atoms with Crippen LogP contribution < -0.4 is 5.32 Å². The smallest absolute Gasteiger partial charge is 0.0858 e. The lowest BCUT2D eigenvalue weighted by Gasteiger charge is -2.39. The van der Waals surface area contributed by atoms with Gasteiger partial charge in [-0.05, 0) is 50.3 Å². The van der Waals surface area contributed by atoms with Gasteiger partial charge in [0.1, 0.15) is 0 Å². The fraction of sp³-hybridized carbons (Fsp3) is 0.667. The molecule has 0 spiro atoms. The van der Waals surface area contributed by atoms with Crippen molar-refractivity contribution >= 4 is 0 Å². The summed E-state index contributed by atoms with van der Waals surface area (Å²) in [6.45, 7) is 3.33. The van der Waals surface area contributed by atoms with Gasteiger partial charge in [-0.25, -0.2) is 0 Å². The summed E-state index contributed by atoms with van der Waals surface area (Å²) in [6, 6.07) is 12.2. The second kappa shape index (κ2) is 5.71. The van der Waals surface area contributed by atoms with Crippen LogP contribution in [0.2, 0.25) is 0 Å². The molecule has 5 unspecified atom stereocenters. The first-order valence-corrected chi connectivity index (χ1v) is 8.44. The normalized spacial score (nSPS) is 37.2. The molecule has 1 aliphatic carbocycles. The first-order chi connectivity index (χ1) is 10.4. The number of likely N-dealkylation sites (N-methyl/N-ethyl adjacent to an activating group) is 1. The van der Waals surface area contributed by atoms with E-state index in [1.165, 1.54) is 31.4 Å². The van der Waals surface area contributed by atoms with E-state index in [1.54, 1.807) is 0 Å². The third-order valence-electron chi connectivity index (χ3n) is 5.68. The molecule has 4 rings (SSSR count). The molecule has 1 saturated carbocycles. The maximum Gasteiger partial charge on any atom is 0.0858 e. The topological polar surface area (TPSA) is 24.5 Å². The quantitative estimate of drug-likeness (QED) is 0.919. The van der Waals surface area contributed by atoms with Crippen LogP contribution >= 0.6 is 0 Å². The van der Waals surface area contributed by atoms with Gasteiger partial charge in [-0.3, -0.25) is 4.90 Å². The Balaban J connectivity index is 1.42. The minimum absolute atomic E-state index is 0.364. The molecule has 1 aromatic rings. The zero-order valence-corrected chi connectivity index (χ0v) is 12.9. The van der Waals surface area contributed by atoms with Gasteiger partial charge in [-0.2, -0.15) is 0 Å². The molecular formula is C18H26N2O. The molecule has 2 heterocycles. The number of benzene rings is 1. The summed E-state index contributed by atoms with van der Waals surface area (Å²) in [5.41, 5.74) is 1.50. The fourth-order valence-electron chi connectivity index (χ4n) is 4.43. The van der Waals surface area contributed by atoms with Crippen LogP contribution in [0.25, 0.3) is 0 Å². The Morgan fingerprint density at radius 2 is 2.14 bits per heavy atom. The molecule has 2 saturated heterocycles. The molecule has 21 heavy (non-hydrogen) atoms. The molecule has 3 aliphatic rings. The largest absolute Gasteiger partial charge is 0.374 e. The SMILES string of the molecule is CNC(C1CN2CCCC2CO1)C1CC1c1ccccc1. The number of nitrogens with one attached hydrogen (secondary N) is 1. The van der Waals surface area contributed by atoms with Crippen molar-refractivity contribution in [2.45, 2.75) is 43.4 Å². The Hall–Kier alpha value is -0.900. The van der Waals surface area contributed by atoms with Crippen LogP contribution in [0.1, 0.15) is 30.7 Å². The van der Waals surface area contributed by atoms with E-state index in [4.69, 9.17) is 4.74 Å². The fourth-order valence-corrected chi connectivity index (χ4v) is 4.43. The van der Waals surface area contributed by atoms with Gasteiger partial charge in [0.25, 0.3) is 0 Å². The highest BCUT2D eigenvalue weighted by molar-refractivity contribution is 5.27. The summed E-state index contributed by atoms with van der Waals surface area (Å²) < 4.78 is 6.23. The molecular weight excluding hydrogens is 260 g/mol. The molecule has 0 aromatic heterocycles. The standard InChI is InChI=1S/C18H26N2O/c1-19-18(16-10-15(16)13-6-3-2-4-7-13)17-11-20-9-5-8-14(20)12-21-17/h2-4,6-7,14-19H,5,8-12H2,1H3. The van der Waals surface area contributed by atoms with Crippen molar-refractivity contribution in [2.75, 3.05) is 26.7 Å². The van der Waals surface area contributed by atoms with Crippen LogP contribution in [-0.2, 0) is 4.74 Å². The molecule has 3 nitrogen and oxygen atoms in total. The molecule has 3 heteroatoms. The van der Waals surface area contributed by atoms with Gasteiger partial charge in [0, 0.05) is 18.6 Å². The van der Waals surface area contributed by atoms with Crippen molar-refractivity contribution in [3.8, 4) is 0 Å². The average molecular weight is 286 g/mol. The van der Waals surface area contributed by atoms with E-state index in [9.17, 15) is 0 Å². The van der Waals surface area contributed by atoms with Crippen molar-refractivity contribution < 1.29 is 4.74 Å². The predicted octanol–water partition coefficient (Wildman–Crippen LogP) is 2.24. The van der Waals surface area contributed by atoms with Gasteiger partial charge in [0.2, 0.25) is 0 Å². The van der Waals surface area contributed by atoms with Crippen molar-refractivity contribution in [1.29, 1.82) is 0 Å². The van der Waals surface area contributed by atoms with Crippen LogP contribution in [0.15, 0.2) is 30.3 Å². The molecule has 3 fully saturated rings. The van der Waals surface area contributed by atoms with Crippen LogP contribution in [0.5, 0.6) is 0 Å². The second-order valence-corrected chi connectivity index (χ2v) is 6.89. The molecule has 0 bridgehead atoms. The van der Waals surface area contributed by atoms with Gasteiger partial charge in [0.05, 0.1) is 12.7 Å². The van der Waals surface area contributed by atoms with E-state index in [0.29, 0.717) is 18.2 Å². The Bertz CT molecular complexity index is 477. The van der Waals surface area contributed by atoms with E-state index in [-0.39, 0.29) is 0 Å². The number of hydrogen-bond acceptors (Lipinski definition) is 3. The lowest BCUT2D eigenvalue weighted by Crippen LogP contribution is -2.54. The Kier molecular flexibility index (Phi) is 3.74. The highest BCUT2D eigenvalue weighted by atomic mass is 16.5. The maximum absolute atomic E-state index is 6.23. The average Bonchev–Trinajstić information content (AvgIpc) is 3.17. The van der Waals surface area contributed by atoms with E-state index in [1.807, 2.05) is 0 Å². The number of hydrogen-bond donors (Lipinski definition) is 1. The predicted molar refractivity (Wildman–Crippen MR) is 84.5 cm³/mol. The molecule has 1 N–H and O–H groups in total. The van der Waals surface area contributed by atoms with E-state index >= 15 is 0 Å². The third kappa shape index (κ3) is 2.63. The summed E-state index contributed by atoms with van der Waals surface area (Å²) in [7, 11) is 2.10. The molecule has 0 amide bonds. The molecule has 0 radical (unpaired) electrons. The molecule has 1 aromatic carbocycles. The first kappa shape index (κ1) is 13.7. The number of ether oxygens (including phenoxy) is 1. The highest BCUT2D eigenvalue weighted by Crippen LogP contribution is 2.50. The summed E-state index contributed by atoms with van der Waals surface area (Å²) in [6.07, 6.45) is 4.34. The number of nitrogens with zero attached hydrogens (tertiary/aromatic N) is 1. The maximum atomic E-state index is 6.23. The monoisotopic (exact) mass is 286 g/mol. The van der Waals surface area contributed by atoms with Crippen LogP contribution in [0.3, 0.4) is 0 Å². The van der Waals surface area contributed by atoms with Gasteiger partial charge in [-0.1, -0.05) is 30.3 Å². The van der Waals surface area contributed by atoms with Gasteiger partial charge >= 0.3 is 0 Å². The van der Waals surface area contributed by atoms with Gasteiger partial charge in [-0.15, -0.1) is 0 Å². The van der Waals surface area contributed by atoms with E-state index in [2.05, 4.69) is 47.6 Å². The summed E-state index contributed by atoms with van der Waals surface area (Å²) >= 11 is 0. The lowest BCUT2D eigenvalue weighted by molar-refractivity contribution is -0.0669. The summed E-state index contributed by atoms with van der Waals surface area (Å²) in [5, 5.41) is 3.56. The lowest BCUT2D eigenvalue weighted by atomic mass is 9.99. The third-order valence-corrected chi connectivity index (χ3v) is 5.68. The van der Waals surface area contributed by atoms with Crippen molar-refractivity contribution in [3.63, 3.8) is 0 Å². The minimum Gasteiger partial charge on any atom is -0.374 e. The number of fused-ring (bicyclic) bond motifs is 1. The highest BCUT2D eigenvalue weighted by Gasteiger charge is 2.48. The van der Waals surface area contributed by atoms with Crippen molar-refractivity contribution in [2.24, 2.45) is 5.92 Å². The first-order valence-electron chi connectivity index (χ1n) is 8.44. The zero-order valence-electron chi connectivity index (χ0n) is 12.9. The Morgan fingerprint density at radius 1 is 1.29 bits per heavy atom. The van der Waals surface area contributed by atoms with Crippen molar-refractivity contribution in [3.05, 3.63) is 35.9 Å². The van der Waals surface area contributed by atoms with Crippen molar-refractivity contribution in [1.82, 2.24) is 10.2 Å². The molecule has 114 valence electrons. The Morgan fingerprint density at radius 3 is 2.95 bits per heavy atom. The molecule has 5 atom stereocenters. The second-order valence-electron chi connectivity index (χ2n) is 6.89. The number of morpholine rings is 1. The number of rotatable bonds is 4. The Labute approximate surface area is 127 Å². The summed E-state index contributed by atoms with van der Waals surface area (Å²) in [4.78, 5) is 2.65. The van der Waals surface area contributed by atoms with Gasteiger partial charge < -0.3 is 10.1 Å². The minimum atomic E-state index is 0.364. The van der Waals surface area contributed by atoms with Crippen LogP contribution in [0, 0.1) is 5.92 Å². The van der Waals surface area contributed by atoms with Gasteiger partial charge in [0.15, 0.2) is 0 Å². The molecule has 2 aliphatic heterocycles. The van der Waals surface area contributed by atoms with E-state index < -0.39 is 0 Å². The van der Waals surface area contributed by atoms with Crippen LogP contribution in [0.4, 0.5) is 0 Å². The van der Waals surface area contributed by atoms with Crippen LogP contribution in [-0.4, -0.2) is 49.8 Å². The summed E-state index contributed by atoms with van der Waals surface area (Å²) in [5.74, 6) is 1.46. The van der Waals surface area contributed by atoms with E-state index in [0.717, 1.165) is 25.0 Å².